The molecule has 19 heavy (non-hydrogen) atoms. The van der Waals surface area contributed by atoms with Gasteiger partial charge >= 0.3 is 0 Å². The molecule has 0 radical (unpaired) electrons. The van der Waals surface area contributed by atoms with E-state index in [9.17, 15) is 16.8 Å². The zero-order valence-corrected chi connectivity index (χ0v) is 12.5. The van der Waals surface area contributed by atoms with Gasteiger partial charge in [-0.3, -0.25) is 5.10 Å². The number of nitrogens with one attached hydrogen (secondary N) is 1. The first-order chi connectivity index (χ1) is 8.69. The molecule has 1 aliphatic heterocycles. The lowest BCUT2D eigenvalue weighted by atomic mass is 9.96. The Kier molecular flexibility index (Phi) is 3.72. The summed E-state index contributed by atoms with van der Waals surface area (Å²) >= 11 is 0. The van der Waals surface area contributed by atoms with Crippen molar-refractivity contribution in [3.05, 3.63) is 11.9 Å². The Bertz CT molecular complexity index is 663. The number of sulfone groups is 1. The lowest BCUT2D eigenvalue weighted by Gasteiger charge is -2.30. The molecular formula is C10H17N3O4S2. The Morgan fingerprint density at radius 1 is 1.32 bits per heavy atom. The number of nitrogens with zero attached hydrogens (tertiary/aromatic N) is 2. The van der Waals surface area contributed by atoms with Crippen LogP contribution in [0.1, 0.15) is 24.5 Å². The van der Waals surface area contributed by atoms with Crippen LogP contribution in [0.15, 0.2) is 11.1 Å². The standard InChI is InChI=1S/C10H17N3O4S2/c1-18(14,15)9-6-11-12-10(9)8-4-3-5-13(7-8)19(2,16)17/h6,8H,3-5,7H2,1-2H3,(H,11,12)/t8-/m0/s1. The van der Waals surface area contributed by atoms with E-state index in [0.29, 0.717) is 25.2 Å². The van der Waals surface area contributed by atoms with Crippen molar-refractivity contribution in [1.82, 2.24) is 14.5 Å². The molecule has 0 unspecified atom stereocenters. The van der Waals surface area contributed by atoms with Crippen molar-refractivity contribution in [2.24, 2.45) is 0 Å². The molecule has 1 aromatic heterocycles. The number of aromatic amines is 1. The number of aromatic nitrogens is 2. The van der Waals surface area contributed by atoms with Crippen molar-refractivity contribution in [3.8, 4) is 0 Å². The molecule has 108 valence electrons. The maximum Gasteiger partial charge on any atom is 0.211 e. The van der Waals surface area contributed by atoms with Crippen LogP contribution in [0.2, 0.25) is 0 Å². The fraction of sp³-hybridized carbons (Fsp3) is 0.700. The van der Waals surface area contributed by atoms with Crippen molar-refractivity contribution in [3.63, 3.8) is 0 Å². The first-order valence-corrected chi connectivity index (χ1v) is 9.62. The predicted molar refractivity (Wildman–Crippen MR) is 70.1 cm³/mol. The third kappa shape index (κ3) is 3.15. The number of hydrogen-bond acceptors (Lipinski definition) is 5. The lowest BCUT2D eigenvalue weighted by molar-refractivity contribution is 0.312. The van der Waals surface area contributed by atoms with Crippen molar-refractivity contribution in [1.29, 1.82) is 0 Å². The fourth-order valence-electron chi connectivity index (χ4n) is 2.35. The maximum atomic E-state index is 11.6. The molecule has 1 atom stereocenters. The monoisotopic (exact) mass is 307 g/mol. The normalized spacial score (nSPS) is 22.5. The van der Waals surface area contributed by atoms with Crippen LogP contribution in [0.5, 0.6) is 0 Å². The van der Waals surface area contributed by atoms with E-state index < -0.39 is 19.9 Å². The third-order valence-electron chi connectivity index (χ3n) is 3.29. The quantitative estimate of drug-likeness (QED) is 0.844. The summed E-state index contributed by atoms with van der Waals surface area (Å²) in [6, 6.07) is 0. The molecular weight excluding hydrogens is 290 g/mol. The van der Waals surface area contributed by atoms with Crippen molar-refractivity contribution < 1.29 is 16.8 Å². The summed E-state index contributed by atoms with van der Waals surface area (Å²) < 4.78 is 47.8. The van der Waals surface area contributed by atoms with Gasteiger partial charge < -0.3 is 0 Å². The maximum absolute atomic E-state index is 11.6. The van der Waals surface area contributed by atoms with Gasteiger partial charge in [0.2, 0.25) is 10.0 Å². The zero-order chi connectivity index (χ0) is 14.3. The Morgan fingerprint density at radius 3 is 2.58 bits per heavy atom. The van der Waals surface area contributed by atoms with Gasteiger partial charge in [-0.25, -0.2) is 21.1 Å². The van der Waals surface area contributed by atoms with E-state index >= 15 is 0 Å². The molecule has 2 rings (SSSR count). The van der Waals surface area contributed by atoms with Gasteiger partial charge in [-0.2, -0.15) is 5.10 Å². The first-order valence-electron chi connectivity index (χ1n) is 5.88. The molecule has 9 heteroatoms. The summed E-state index contributed by atoms with van der Waals surface area (Å²) in [5, 5.41) is 6.48. The average Bonchev–Trinajstić information content (AvgIpc) is 2.76. The van der Waals surface area contributed by atoms with E-state index in [1.807, 2.05) is 0 Å². The highest BCUT2D eigenvalue weighted by molar-refractivity contribution is 7.90. The highest BCUT2D eigenvalue weighted by Crippen LogP contribution is 2.30. The van der Waals surface area contributed by atoms with E-state index in [4.69, 9.17) is 0 Å². The minimum atomic E-state index is -3.35. The van der Waals surface area contributed by atoms with Gasteiger partial charge in [0.25, 0.3) is 0 Å². The zero-order valence-electron chi connectivity index (χ0n) is 10.8. The third-order valence-corrected chi connectivity index (χ3v) is 5.69. The molecule has 0 aromatic carbocycles. The van der Waals surface area contributed by atoms with Crippen LogP contribution in [0, 0.1) is 0 Å². The number of piperidine rings is 1. The SMILES string of the molecule is CS(=O)(=O)c1cn[nH]c1[C@H]1CCCN(S(C)(=O)=O)C1. The van der Waals surface area contributed by atoms with Crippen molar-refractivity contribution >= 4 is 19.9 Å². The molecule has 1 fully saturated rings. The molecule has 0 amide bonds. The lowest BCUT2D eigenvalue weighted by Crippen LogP contribution is -2.38. The van der Waals surface area contributed by atoms with Crippen LogP contribution in [0.25, 0.3) is 0 Å². The molecule has 1 N–H and O–H groups in total. The predicted octanol–water partition coefficient (Wildman–Crippen LogP) is -0.0478. The largest absolute Gasteiger partial charge is 0.281 e. The molecule has 1 aromatic rings. The van der Waals surface area contributed by atoms with Gasteiger partial charge in [-0.15, -0.1) is 0 Å². The van der Waals surface area contributed by atoms with Crippen LogP contribution < -0.4 is 0 Å². The van der Waals surface area contributed by atoms with Crippen molar-refractivity contribution in [2.75, 3.05) is 25.6 Å². The van der Waals surface area contributed by atoms with E-state index in [1.54, 1.807) is 0 Å². The van der Waals surface area contributed by atoms with E-state index in [-0.39, 0.29) is 10.8 Å². The van der Waals surface area contributed by atoms with Crippen LogP contribution in [0.4, 0.5) is 0 Å². The van der Waals surface area contributed by atoms with Gasteiger partial charge in [0, 0.05) is 25.3 Å². The number of hydrogen-bond donors (Lipinski definition) is 1. The second kappa shape index (κ2) is 4.88. The Balaban J connectivity index is 2.31. The van der Waals surface area contributed by atoms with Crippen molar-refractivity contribution in [2.45, 2.75) is 23.7 Å². The molecule has 0 saturated carbocycles. The number of sulfonamides is 1. The van der Waals surface area contributed by atoms with Gasteiger partial charge in [0.05, 0.1) is 18.1 Å². The smallest absolute Gasteiger partial charge is 0.211 e. The topological polar surface area (TPSA) is 100 Å². The molecule has 1 saturated heterocycles. The number of H-pyrrole nitrogens is 1. The highest BCUT2D eigenvalue weighted by atomic mass is 32.2. The molecule has 1 aliphatic rings. The van der Waals surface area contributed by atoms with Crippen LogP contribution in [-0.4, -0.2) is 56.9 Å². The molecule has 0 bridgehead atoms. The van der Waals surface area contributed by atoms with E-state index in [2.05, 4.69) is 10.2 Å². The Morgan fingerprint density at radius 2 is 2.00 bits per heavy atom. The van der Waals surface area contributed by atoms with Gasteiger partial charge in [0.1, 0.15) is 4.90 Å². The van der Waals surface area contributed by atoms with Crippen LogP contribution in [-0.2, 0) is 19.9 Å². The summed E-state index contributed by atoms with van der Waals surface area (Å²) in [6.07, 6.45) is 5.03. The molecule has 7 nitrogen and oxygen atoms in total. The fourth-order valence-corrected chi connectivity index (χ4v) is 4.12. The summed E-state index contributed by atoms with van der Waals surface area (Å²) in [7, 11) is -6.60. The van der Waals surface area contributed by atoms with Gasteiger partial charge in [-0.05, 0) is 12.8 Å². The number of rotatable bonds is 3. The van der Waals surface area contributed by atoms with E-state index in [1.165, 1.54) is 16.8 Å². The second-order valence-corrected chi connectivity index (χ2v) is 8.85. The van der Waals surface area contributed by atoms with Crippen LogP contribution in [0.3, 0.4) is 0 Å². The average molecular weight is 307 g/mol. The molecule has 0 spiro atoms. The highest BCUT2D eigenvalue weighted by Gasteiger charge is 2.30. The molecule has 0 aliphatic carbocycles. The second-order valence-electron chi connectivity index (χ2n) is 4.88. The minimum absolute atomic E-state index is 0.157. The summed E-state index contributed by atoms with van der Waals surface area (Å²) in [6.45, 7) is 0.779. The van der Waals surface area contributed by atoms with Gasteiger partial charge in [-0.1, -0.05) is 0 Å². The summed E-state index contributed by atoms with van der Waals surface area (Å²) in [5.74, 6) is -0.157. The van der Waals surface area contributed by atoms with E-state index in [0.717, 1.165) is 12.7 Å². The summed E-state index contributed by atoms with van der Waals surface area (Å²) in [5.41, 5.74) is 0.510. The Labute approximate surface area is 113 Å². The summed E-state index contributed by atoms with van der Waals surface area (Å²) in [4.78, 5) is 0.160. The minimum Gasteiger partial charge on any atom is -0.281 e. The van der Waals surface area contributed by atoms with Crippen LogP contribution >= 0.6 is 0 Å². The van der Waals surface area contributed by atoms with Gasteiger partial charge in [0.15, 0.2) is 9.84 Å². The first kappa shape index (κ1) is 14.5. The molecule has 2 heterocycles. The Hall–Kier alpha value is -0.930.